The second-order valence-corrected chi connectivity index (χ2v) is 8.32. The first-order valence-electron chi connectivity index (χ1n) is 7.26. The van der Waals surface area contributed by atoms with Crippen LogP contribution in [0.25, 0.3) is 0 Å². The molecule has 0 spiro atoms. The fraction of sp³-hybridized carbons (Fsp3) is 0.294. The molecule has 0 fully saturated rings. The van der Waals surface area contributed by atoms with Crippen molar-refractivity contribution in [3.63, 3.8) is 0 Å². The molecule has 1 heterocycles. The van der Waals surface area contributed by atoms with E-state index in [4.69, 9.17) is 16.3 Å². The van der Waals surface area contributed by atoms with E-state index in [2.05, 4.69) is 9.38 Å². The molecule has 2 aromatic rings. The van der Waals surface area contributed by atoms with Gasteiger partial charge in [0, 0.05) is 0 Å². The highest BCUT2D eigenvalue weighted by molar-refractivity contribution is 7.85. The summed E-state index contributed by atoms with van der Waals surface area (Å²) in [5.41, 5.74) is 1.16. The first-order chi connectivity index (χ1) is 11.3. The third-order valence-electron chi connectivity index (χ3n) is 3.02. The third-order valence-corrected chi connectivity index (χ3v) is 4.72. The second kappa shape index (κ2) is 7.85. The van der Waals surface area contributed by atoms with Crippen LogP contribution in [0.1, 0.15) is 31.9 Å². The minimum atomic E-state index is -1.49. The molecule has 24 heavy (non-hydrogen) atoms. The highest BCUT2D eigenvalue weighted by Crippen LogP contribution is 2.27. The van der Waals surface area contributed by atoms with Gasteiger partial charge in [0.15, 0.2) is 0 Å². The molecule has 0 aliphatic rings. The predicted molar refractivity (Wildman–Crippen MR) is 95.5 cm³/mol. The Kier molecular flexibility index (Phi) is 6.07. The Morgan fingerprint density at radius 1 is 1.33 bits per heavy atom. The molecule has 0 bridgehead atoms. The van der Waals surface area contributed by atoms with Crippen LogP contribution in [-0.2, 0) is 17.6 Å². The monoisotopic (exact) mass is 368 g/mol. The fourth-order valence-electron chi connectivity index (χ4n) is 1.69. The number of pyridine rings is 1. The van der Waals surface area contributed by atoms with Crippen LogP contribution in [0.2, 0.25) is 5.02 Å². The molecule has 1 aromatic heterocycles. The Balaban J connectivity index is 2.27. The number of ether oxygens (including phenoxy) is 1. The van der Waals surface area contributed by atoms with E-state index in [1.807, 2.05) is 30.3 Å². The van der Waals surface area contributed by atoms with Crippen molar-refractivity contribution < 1.29 is 13.3 Å². The summed E-state index contributed by atoms with van der Waals surface area (Å²) in [6.45, 7) is 5.65. The highest BCUT2D eigenvalue weighted by Gasteiger charge is 2.19. The summed E-state index contributed by atoms with van der Waals surface area (Å²) in [7, 11) is -1.49. The predicted octanol–water partition coefficient (Wildman–Crippen LogP) is 4.33. The van der Waals surface area contributed by atoms with E-state index in [1.165, 1.54) is 12.4 Å². The summed E-state index contributed by atoms with van der Waals surface area (Å²) in [6, 6.07) is 9.49. The average molecular weight is 369 g/mol. The summed E-state index contributed by atoms with van der Waals surface area (Å²) in [5.74, 6) is -0.549. The average Bonchev–Trinajstić information content (AvgIpc) is 2.54. The van der Waals surface area contributed by atoms with Crippen molar-refractivity contribution in [3.8, 4) is 5.75 Å². The van der Waals surface area contributed by atoms with E-state index in [0.717, 1.165) is 5.56 Å². The lowest BCUT2D eigenvalue weighted by atomic mass is 10.2. The van der Waals surface area contributed by atoms with E-state index in [1.54, 1.807) is 20.8 Å². The van der Waals surface area contributed by atoms with Crippen molar-refractivity contribution in [2.75, 3.05) is 0 Å². The molecular weight excluding hydrogens is 351 g/mol. The van der Waals surface area contributed by atoms with Gasteiger partial charge in [0.25, 0.3) is 0 Å². The van der Waals surface area contributed by atoms with E-state index in [9.17, 15) is 8.60 Å². The fourth-order valence-corrected chi connectivity index (χ4v) is 2.40. The van der Waals surface area contributed by atoms with Gasteiger partial charge in [0.05, 0.1) is 22.7 Å². The summed E-state index contributed by atoms with van der Waals surface area (Å²) < 4.78 is 34.8. The summed E-state index contributed by atoms with van der Waals surface area (Å²) >= 11 is 5.97. The van der Waals surface area contributed by atoms with Crippen LogP contribution in [0.3, 0.4) is 0 Å². The van der Waals surface area contributed by atoms with Crippen LogP contribution in [0.4, 0.5) is 4.39 Å². The number of aromatic nitrogens is 1. The molecule has 0 N–H and O–H groups in total. The standard InChI is InChI=1S/C17H18ClFN2O2S/c1-17(2,3)24(22)21-9-13-14(10-20-16(19)15(13)18)23-11-12-7-5-4-6-8-12/h4-10H,11H2,1-3H3/t24-/m0/s1. The maximum absolute atomic E-state index is 13.6. The van der Waals surface area contributed by atoms with Crippen LogP contribution in [0.5, 0.6) is 5.75 Å². The highest BCUT2D eigenvalue weighted by atomic mass is 35.5. The first kappa shape index (κ1) is 18.5. The van der Waals surface area contributed by atoms with Gasteiger partial charge in [-0.25, -0.2) is 9.19 Å². The molecule has 0 saturated heterocycles. The van der Waals surface area contributed by atoms with E-state index < -0.39 is 21.7 Å². The van der Waals surface area contributed by atoms with Gasteiger partial charge in [0.1, 0.15) is 28.4 Å². The Hall–Kier alpha value is -1.79. The summed E-state index contributed by atoms with van der Waals surface area (Å²) in [6.07, 6.45) is 2.51. The lowest BCUT2D eigenvalue weighted by Gasteiger charge is -2.14. The Bertz CT molecular complexity index is 761. The van der Waals surface area contributed by atoms with Crippen molar-refractivity contribution in [2.24, 2.45) is 4.40 Å². The largest absolute Gasteiger partial charge is 0.487 e. The number of benzene rings is 1. The number of hydrogen-bond acceptors (Lipinski definition) is 3. The zero-order valence-electron chi connectivity index (χ0n) is 13.6. The molecular formula is C17H18ClFN2O2S. The second-order valence-electron chi connectivity index (χ2n) is 6.01. The number of rotatable bonds is 5. The molecule has 1 aromatic carbocycles. The molecule has 1 atom stereocenters. The molecule has 0 aliphatic carbocycles. The van der Waals surface area contributed by atoms with Crippen LogP contribution >= 0.6 is 11.6 Å². The van der Waals surface area contributed by atoms with E-state index in [0.29, 0.717) is 0 Å². The summed E-state index contributed by atoms with van der Waals surface area (Å²) in [5, 5.41) is -0.213. The number of hydrogen-bond donors (Lipinski definition) is 0. The molecule has 0 radical (unpaired) electrons. The van der Waals surface area contributed by atoms with Gasteiger partial charge in [-0.3, -0.25) is 0 Å². The molecule has 0 aliphatic heterocycles. The van der Waals surface area contributed by atoms with Crippen molar-refractivity contribution in [2.45, 2.75) is 32.1 Å². The number of nitrogens with zero attached hydrogens (tertiary/aromatic N) is 2. The van der Waals surface area contributed by atoms with Crippen molar-refractivity contribution in [1.29, 1.82) is 0 Å². The lowest BCUT2D eigenvalue weighted by molar-refractivity contribution is 0.303. The van der Waals surface area contributed by atoms with Gasteiger partial charge in [-0.05, 0) is 26.3 Å². The topological polar surface area (TPSA) is 51.5 Å². The zero-order chi connectivity index (χ0) is 17.7. The van der Waals surface area contributed by atoms with Crippen molar-refractivity contribution in [3.05, 3.63) is 58.6 Å². The molecule has 2 rings (SSSR count). The van der Waals surface area contributed by atoms with Crippen LogP contribution in [0.15, 0.2) is 40.9 Å². The van der Waals surface area contributed by atoms with E-state index >= 15 is 0 Å². The lowest BCUT2D eigenvalue weighted by Crippen LogP contribution is -2.19. The van der Waals surface area contributed by atoms with Crippen LogP contribution in [0, 0.1) is 5.95 Å². The van der Waals surface area contributed by atoms with Crippen LogP contribution < -0.4 is 4.74 Å². The molecule has 0 saturated carbocycles. The first-order valence-corrected chi connectivity index (χ1v) is 8.74. The molecule has 0 unspecified atom stereocenters. The smallest absolute Gasteiger partial charge is 0.232 e. The van der Waals surface area contributed by atoms with Gasteiger partial charge in [-0.2, -0.15) is 8.79 Å². The zero-order valence-corrected chi connectivity index (χ0v) is 15.2. The number of halogens is 2. The van der Waals surface area contributed by atoms with Gasteiger partial charge in [-0.1, -0.05) is 41.9 Å². The Labute approximate surface area is 148 Å². The van der Waals surface area contributed by atoms with Crippen molar-refractivity contribution >= 4 is 28.8 Å². The molecule has 4 nitrogen and oxygen atoms in total. The van der Waals surface area contributed by atoms with E-state index in [-0.39, 0.29) is 22.9 Å². The van der Waals surface area contributed by atoms with Gasteiger partial charge >= 0.3 is 0 Å². The maximum atomic E-state index is 13.6. The van der Waals surface area contributed by atoms with Gasteiger partial charge in [-0.15, -0.1) is 0 Å². The maximum Gasteiger partial charge on any atom is 0.232 e. The normalized spacial score (nSPS) is 13.2. The quantitative estimate of drug-likeness (QED) is 0.583. The van der Waals surface area contributed by atoms with Crippen LogP contribution in [-0.4, -0.2) is 20.2 Å². The minimum Gasteiger partial charge on any atom is -0.487 e. The Morgan fingerprint density at radius 2 is 2.00 bits per heavy atom. The molecule has 7 heteroatoms. The summed E-state index contributed by atoms with van der Waals surface area (Å²) in [4.78, 5) is 3.57. The third kappa shape index (κ3) is 4.85. The van der Waals surface area contributed by atoms with Crippen molar-refractivity contribution in [1.82, 2.24) is 4.98 Å². The van der Waals surface area contributed by atoms with Gasteiger partial charge in [0.2, 0.25) is 5.95 Å². The Morgan fingerprint density at radius 3 is 2.62 bits per heavy atom. The molecule has 128 valence electrons. The minimum absolute atomic E-state index is 0.213. The molecule has 0 amide bonds. The SMILES string of the molecule is CC(C)(C)[S@](=O)N=Cc1c(OCc2ccccc2)cnc(F)c1Cl. The van der Waals surface area contributed by atoms with Gasteiger partial charge < -0.3 is 4.74 Å².